The molecule has 1 amide bonds. The van der Waals surface area contributed by atoms with Crippen molar-refractivity contribution in [1.82, 2.24) is 9.62 Å². The summed E-state index contributed by atoms with van der Waals surface area (Å²) in [7, 11) is -3.65. The molecule has 0 saturated carbocycles. The van der Waals surface area contributed by atoms with E-state index in [9.17, 15) is 13.2 Å². The van der Waals surface area contributed by atoms with Crippen LogP contribution >= 0.6 is 11.6 Å². The second-order valence-corrected chi connectivity index (χ2v) is 9.22. The van der Waals surface area contributed by atoms with E-state index in [0.717, 1.165) is 25.7 Å². The lowest BCUT2D eigenvalue weighted by Gasteiger charge is -2.20. The number of hydrogen-bond acceptors (Lipinski definition) is 4. The van der Waals surface area contributed by atoms with Gasteiger partial charge in [-0.1, -0.05) is 42.6 Å². The van der Waals surface area contributed by atoms with Crippen LogP contribution in [-0.2, 0) is 10.0 Å². The molecule has 1 heterocycles. The maximum absolute atomic E-state index is 13.0. The average Bonchev–Trinajstić information content (AvgIpc) is 3.02. The van der Waals surface area contributed by atoms with Gasteiger partial charge in [-0.2, -0.15) is 4.31 Å². The minimum absolute atomic E-state index is 0.0921. The molecule has 6 nitrogen and oxygen atoms in total. The number of nitrogens with one attached hydrogen (secondary N) is 1. The molecule has 0 aromatic heterocycles. The van der Waals surface area contributed by atoms with Crippen molar-refractivity contribution in [3.05, 3.63) is 59.1 Å². The van der Waals surface area contributed by atoms with Crippen LogP contribution in [0.1, 0.15) is 36.0 Å². The van der Waals surface area contributed by atoms with E-state index in [-0.39, 0.29) is 22.0 Å². The number of sulfonamides is 1. The van der Waals surface area contributed by atoms with Crippen molar-refractivity contribution >= 4 is 27.5 Å². The van der Waals surface area contributed by atoms with Crippen LogP contribution in [-0.4, -0.2) is 44.9 Å². The highest BCUT2D eigenvalue weighted by Gasteiger charge is 2.26. The summed E-state index contributed by atoms with van der Waals surface area (Å²) < 4.78 is 33.0. The molecule has 156 valence electrons. The number of hydrogen-bond donors (Lipinski definition) is 1. The summed E-state index contributed by atoms with van der Waals surface area (Å²) in [4.78, 5) is 12.6. The van der Waals surface area contributed by atoms with Crippen molar-refractivity contribution in [2.75, 3.05) is 26.2 Å². The van der Waals surface area contributed by atoms with E-state index in [1.54, 1.807) is 0 Å². The third kappa shape index (κ3) is 5.72. The number of rotatable bonds is 7. The van der Waals surface area contributed by atoms with Crippen molar-refractivity contribution in [3.63, 3.8) is 0 Å². The van der Waals surface area contributed by atoms with Gasteiger partial charge in [0.15, 0.2) is 0 Å². The third-order valence-electron chi connectivity index (χ3n) is 4.78. The molecular formula is C21H25ClN2O4S. The molecule has 0 atom stereocenters. The van der Waals surface area contributed by atoms with Gasteiger partial charge in [0.25, 0.3) is 5.91 Å². The normalized spacial score (nSPS) is 15.5. The number of carbonyl (C=O) groups is 1. The summed E-state index contributed by atoms with van der Waals surface area (Å²) >= 11 is 6.16. The molecule has 8 heteroatoms. The van der Waals surface area contributed by atoms with Gasteiger partial charge in [0.1, 0.15) is 12.4 Å². The Balaban J connectivity index is 1.65. The molecule has 1 aliphatic heterocycles. The second-order valence-electron chi connectivity index (χ2n) is 6.88. The predicted molar refractivity (Wildman–Crippen MR) is 113 cm³/mol. The van der Waals surface area contributed by atoms with Crippen LogP contribution in [0, 0.1) is 0 Å². The molecule has 3 rings (SSSR count). The van der Waals surface area contributed by atoms with Crippen LogP contribution in [0.3, 0.4) is 0 Å². The standard InChI is InChI=1S/C21H25ClN2O4S/c22-20-11-10-18(29(26,27)24-13-6-1-2-7-14-24)16-19(20)21(25)23-12-15-28-17-8-4-3-5-9-17/h3-5,8-11,16H,1-2,6-7,12-15H2,(H,23,25). The van der Waals surface area contributed by atoms with Crippen LogP contribution in [0.2, 0.25) is 5.02 Å². The number of halogens is 1. The monoisotopic (exact) mass is 436 g/mol. The Morgan fingerprint density at radius 3 is 2.41 bits per heavy atom. The smallest absolute Gasteiger partial charge is 0.252 e. The maximum atomic E-state index is 13.0. The van der Waals surface area contributed by atoms with E-state index in [1.807, 2.05) is 30.3 Å². The van der Waals surface area contributed by atoms with Gasteiger partial charge in [-0.05, 0) is 43.2 Å². The fourth-order valence-corrected chi connectivity index (χ4v) is 4.96. The highest BCUT2D eigenvalue weighted by molar-refractivity contribution is 7.89. The zero-order chi connectivity index (χ0) is 20.7. The number of nitrogens with zero attached hydrogens (tertiary/aromatic N) is 1. The van der Waals surface area contributed by atoms with Crippen molar-refractivity contribution in [3.8, 4) is 5.75 Å². The van der Waals surface area contributed by atoms with Crippen LogP contribution in [0.4, 0.5) is 0 Å². The van der Waals surface area contributed by atoms with Gasteiger partial charge in [0.05, 0.1) is 22.0 Å². The first-order valence-corrected chi connectivity index (χ1v) is 11.6. The minimum Gasteiger partial charge on any atom is -0.492 e. The summed E-state index contributed by atoms with van der Waals surface area (Å²) in [6, 6.07) is 13.6. The zero-order valence-corrected chi connectivity index (χ0v) is 17.7. The first kappa shape index (κ1) is 21.6. The number of ether oxygens (including phenoxy) is 1. The Morgan fingerprint density at radius 2 is 1.72 bits per heavy atom. The molecule has 1 N–H and O–H groups in total. The van der Waals surface area contributed by atoms with Crippen LogP contribution in [0.25, 0.3) is 0 Å². The fourth-order valence-electron chi connectivity index (χ4n) is 3.22. The lowest BCUT2D eigenvalue weighted by Crippen LogP contribution is -2.32. The van der Waals surface area contributed by atoms with E-state index >= 15 is 0 Å². The van der Waals surface area contributed by atoms with Crippen LogP contribution in [0.15, 0.2) is 53.4 Å². The largest absolute Gasteiger partial charge is 0.492 e. The van der Waals surface area contributed by atoms with Crippen molar-refractivity contribution in [1.29, 1.82) is 0 Å². The quantitative estimate of drug-likeness (QED) is 0.671. The molecule has 0 radical (unpaired) electrons. The highest BCUT2D eigenvalue weighted by atomic mass is 35.5. The molecule has 0 aliphatic carbocycles. The number of amides is 1. The van der Waals surface area contributed by atoms with Gasteiger partial charge in [0.2, 0.25) is 10.0 Å². The van der Waals surface area contributed by atoms with Crippen LogP contribution in [0.5, 0.6) is 5.75 Å². The Bertz CT molecular complexity index is 927. The van der Waals surface area contributed by atoms with Crippen LogP contribution < -0.4 is 10.1 Å². The third-order valence-corrected chi connectivity index (χ3v) is 7.01. The molecular weight excluding hydrogens is 412 g/mol. The predicted octanol–water partition coefficient (Wildman–Crippen LogP) is 3.71. The SMILES string of the molecule is O=C(NCCOc1ccccc1)c1cc(S(=O)(=O)N2CCCCCC2)ccc1Cl. The highest BCUT2D eigenvalue weighted by Crippen LogP contribution is 2.25. The van der Waals surface area contributed by atoms with Crippen molar-refractivity contribution < 1.29 is 17.9 Å². The summed E-state index contributed by atoms with van der Waals surface area (Å²) in [5.41, 5.74) is 0.141. The molecule has 1 fully saturated rings. The zero-order valence-electron chi connectivity index (χ0n) is 16.1. The van der Waals surface area contributed by atoms with Crippen molar-refractivity contribution in [2.45, 2.75) is 30.6 Å². The minimum atomic E-state index is -3.65. The molecule has 1 aliphatic rings. The fraction of sp³-hybridized carbons (Fsp3) is 0.381. The second kappa shape index (κ2) is 10.1. The Labute approximate surface area is 176 Å². The molecule has 0 spiro atoms. The summed E-state index contributed by atoms with van der Waals surface area (Å²) in [5.74, 6) is 0.282. The van der Waals surface area contributed by atoms with Gasteiger partial charge in [-0.3, -0.25) is 4.79 Å². The number of carbonyl (C=O) groups excluding carboxylic acids is 1. The molecule has 0 unspecified atom stereocenters. The number of para-hydroxylation sites is 1. The van der Waals surface area contributed by atoms with Gasteiger partial charge in [-0.25, -0.2) is 8.42 Å². The van der Waals surface area contributed by atoms with E-state index < -0.39 is 15.9 Å². The van der Waals surface area contributed by atoms with Gasteiger partial charge >= 0.3 is 0 Å². The van der Waals surface area contributed by atoms with Gasteiger partial charge in [0, 0.05) is 13.1 Å². The van der Waals surface area contributed by atoms with E-state index in [4.69, 9.17) is 16.3 Å². The van der Waals surface area contributed by atoms with E-state index in [1.165, 1.54) is 22.5 Å². The Kier molecular flexibility index (Phi) is 7.52. The average molecular weight is 437 g/mol. The Morgan fingerprint density at radius 1 is 1.03 bits per heavy atom. The molecule has 1 saturated heterocycles. The molecule has 2 aromatic carbocycles. The Hall–Kier alpha value is -2.09. The first-order chi connectivity index (χ1) is 14.0. The van der Waals surface area contributed by atoms with Gasteiger partial charge < -0.3 is 10.1 Å². The lowest BCUT2D eigenvalue weighted by atomic mass is 10.2. The molecule has 29 heavy (non-hydrogen) atoms. The summed E-state index contributed by atoms with van der Waals surface area (Å²) in [6.07, 6.45) is 3.76. The lowest BCUT2D eigenvalue weighted by molar-refractivity contribution is 0.0947. The number of benzene rings is 2. The van der Waals surface area contributed by atoms with Gasteiger partial charge in [-0.15, -0.1) is 0 Å². The molecule has 0 bridgehead atoms. The summed E-state index contributed by atoms with van der Waals surface area (Å²) in [6.45, 7) is 1.57. The van der Waals surface area contributed by atoms with Crippen molar-refractivity contribution in [2.24, 2.45) is 0 Å². The topological polar surface area (TPSA) is 75.7 Å². The summed E-state index contributed by atoms with van der Waals surface area (Å²) in [5, 5.41) is 2.93. The van der Waals surface area contributed by atoms with E-state index in [2.05, 4.69) is 5.32 Å². The first-order valence-electron chi connectivity index (χ1n) is 9.74. The van der Waals surface area contributed by atoms with E-state index in [0.29, 0.717) is 25.4 Å². The maximum Gasteiger partial charge on any atom is 0.252 e. The molecule has 2 aromatic rings.